The van der Waals surface area contributed by atoms with E-state index in [1.165, 1.54) is 5.56 Å². The Morgan fingerprint density at radius 2 is 2.16 bits per heavy atom. The predicted octanol–water partition coefficient (Wildman–Crippen LogP) is 2.35. The van der Waals surface area contributed by atoms with Gasteiger partial charge in [0.25, 0.3) is 0 Å². The lowest BCUT2D eigenvalue weighted by atomic mass is 10.0. The molecule has 3 aromatic rings. The summed E-state index contributed by atoms with van der Waals surface area (Å²) in [7, 11) is 2.04. The summed E-state index contributed by atoms with van der Waals surface area (Å²) in [6, 6.07) is 12.7. The molecular formula is C19H24N6. The van der Waals surface area contributed by atoms with Crippen molar-refractivity contribution in [1.82, 2.24) is 24.6 Å². The first-order valence-electron chi connectivity index (χ1n) is 8.74. The van der Waals surface area contributed by atoms with E-state index in [2.05, 4.69) is 60.3 Å². The standard InChI is InChI=1S/C19H24N6/c1-14-10-17-21-11-15(13-25(17)23-14)12-22-18(16-6-4-3-5-7-16)19-20-8-9-24(19)2/h3-10,15,18,21-22H,11-13H2,1-2H3/t15-,18+/m1/s1. The molecule has 0 radical (unpaired) electrons. The third kappa shape index (κ3) is 3.30. The lowest BCUT2D eigenvalue weighted by Gasteiger charge is -2.27. The van der Waals surface area contributed by atoms with Crippen LogP contribution in [0.2, 0.25) is 0 Å². The van der Waals surface area contributed by atoms with E-state index in [0.717, 1.165) is 37.0 Å². The van der Waals surface area contributed by atoms with Crippen LogP contribution in [0.1, 0.15) is 23.1 Å². The number of fused-ring (bicyclic) bond motifs is 1. The van der Waals surface area contributed by atoms with Crippen molar-refractivity contribution in [3.8, 4) is 0 Å². The Morgan fingerprint density at radius 3 is 2.92 bits per heavy atom. The Hall–Kier alpha value is -2.60. The second-order valence-corrected chi connectivity index (χ2v) is 6.75. The van der Waals surface area contributed by atoms with Gasteiger partial charge in [0.2, 0.25) is 0 Å². The number of aromatic nitrogens is 4. The first kappa shape index (κ1) is 15.9. The van der Waals surface area contributed by atoms with Crippen LogP contribution in [-0.2, 0) is 13.6 Å². The molecule has 1 aromatic carbocycles. The molecule has 25 heavy (non-hydrogen) atoms. The van der Waals surface area contributed by atoms with Gasteiger partial charge in [-0.15, -0.1) is 0 Å². The van der Waals surface area contributed by atoms with E-state index >= 15 is 0 Å². The van der Waals surface area contributed by atoms with E-state index in [4.69, 9.17) is 0 Å². The van der Waals surface area contributed by atoms with Crippen molar-refractivity contribution in [2.24, 2.45) is 13.0 Å². The Kier molecular flexibility index (Phi) is 4.28. The van der Waals surface area contributed by atoms with Crippen molar-refractivity contribution in [2.45, 2.75) is 19.5 Å². The minimum absolute atomic E-state index is 0.0851. The van der Waals surface area contributed by atoms with Gasteiger partial charge in [0.05, 0.1) is 11.7 Å². The van der Waals surface area contributed by atoms with Crippen molar-refractivity contribution in [2.75, 3.05) is 18.4 Å². The van der Waals surface area contributed by atoms with Crippen LogP contribution in [0.4, 0.5) is 5.82 Å². The molecule has 1 aliphatic rings. The van der Waals surface area contributed by atoms with Crippen LogP contribution < -0.4 is 10.6 Å². The highest BCUT2D eigenvalue weighted by Crippen LogP contribution is 2.22. The fourth-order valence-corrected chi connectivity index (χ4v) is 3.47. The van der Waals surface area contributed by atoms with E-state index in [9.17, 15) is 0 Å². The van der Waals surface area contributed by atoms with Gasteiger partial charge in [0, 0.05) is 51.1 Å². The molecule has 2 N–H and O–H groups in total. The molecule has 130 valence electrons. The highest BCUT2D eigenvalue weighted by Gasteiger charge is 2.23. The molecular weight excluding hydrogens is 312 g/mol. The van der Waals surface area contributed by atoms with Crippen LogP contribution in [0.15, 0.2) is 48.8 Å². The fraction of sp³-hybridized carbons (Fsp3) is 0.368. The SMILES string of the molecule is Cc1cc2n(n1)C[C@@H](CN[C@@H](c1ccccc1)c1nccn1C)CN2. The van der Waals surface area contributed by atoms with Gasteiger partial charge < -0.3 is 15.2 Å². The van der Waals surface area contributed by atoms with Crippen molar-refractivity contribution < 1.29 is 0 Å². The zero-order valence-corrected chi connectivity index (χ0v) is 14.7. The smallest absolute Gasteiger partial charge is 0.130 e. The van der Waals surface area contributed by atoms with Gasteiger partial charge in [-0.25, -0.2) is 9.67 Å². The molecule has 1 aliphatic heterocycles. The van der Waals surface area contributed by atoms with E-state index < -0.39 is 0 Å². The Bertz CT molecular complexity index is 835. The summed E-state index contributed by atoms with van der Waals surface area (Å²) in [6.45, 7) is 4.83. The summed E-state index contributed by atoms with van der Waals surface area (Å²) in [5.41, 5.74) is 2.29. The summed E-state index contributed by atoms with van der Waals surface area (Å²) in [5, 5.41) is 11.8. The maximum atomic E-state index is 4.56. The average Bonchev–Trinajstić information content (AvgIpc) is 3.20. The monoisotopic (exact) mass is 336 g/mol. The van der Waals surface area contributed by atoms with Gasteiger partial charge in [-0.3, -0.25) is 0 Å². The molecule has 6 heteroatoms. The van der Waals surface area contributed by atoms with E-state index in [1.54, 1.807) is 0 Å². The van der Waals surface area contributed by atoms with E-state index in [1.807, 2.05) is 32.4 Å². The van der Waals surface area contributed by atoms with Gasteiger partial charge in [-0.1, -0.05) is 30.3 Å². The molecule has 0 saturated carbocycles. The number of benzene rings is 1. The molecule has 0 unspecified atom stereocenters. The van der Waals surface area contributed by atoms with Gasteiger partial charge in [0.1, 0.15) is 11.6 Å². The molecule has 0 fully saturated rings. The highest BCUT2D eigenvalue weighted by molar-refractivity contribution is 5.38. The van der Waals surface area contributed by atoms with Gasteiger partial charge in [-0.2, -0.15) is 5.10 Å². The minimum Gasteiger partial charge on any atom is -0.370 e. The molecule has 0 saturated heterocycles. The summed E-state index contributed by atoms with van der Waals surface area (Å²) in [5.74, 6) is 2.64. The first-order valence-corrected chi connectivity index (χ1v) is 8.74. The molecule has 0 aliphatic carbocycles. The number of hydrogen-bond donors (Lipinski definition) is 2. The van der Waals surface area contributed by atoms with Crippen molar-refractivity contribution in [3.63, 3.8) is 0 Å². The molecule has 6 nitrogen and oxygen atoms in total. The fourth-order valence-electron chi connectivity index (χ4n) is 3.47. The van der Waals surface area contributed by atoms with Crippen LogP contribution in [0, 0.1) is 12.8 Å². The maximum absolute atomic E-state index is 4.56. The number of nitrogens with zero attached hydrogens (tertiary/aromatic N) is 4. The number of aryl methyl sites for hydroxylation is 2. The van der Waals surface area contributed by atoms with Gasteiger partial charge in [-0.05, 0) is 12.5 Å². The minimum atomic E-state index is 0.0851. The molecule has 4 rings (SSSR count). The third-order valence-electron chi connectivity index (χ3n) is 4.77. The Balaban J connectivity index is 1.49. The number of imidazole rings is 1. The molecule has 3 heterocycles. The molecule has 2 atom stereocenters. The van der Waals surface area contributed by atoms with Crippen LogP contribution in [0.25, 0.3) is 0 Å². The second-order valence-electron chi connectivity index (χ2n) is 6.75. The number of anilines is 1. The number of hydrogen-bond acceptors (Lipinski definition) is 4. The maximum Gasteiger partial charge on any atom is 0.130 e. The zero-order chi connectivity index (χ0) is 17.2. The predicted molar refractivity (Wildman–Crippen MR) is 98.4 cm³/mol. The molecule has 2 aromatic heterocycles. The van der Waals surface area contributed by atoms with Crippen LogP contribution in [-0.4, -0.2) is 32.4 Å². The molecule has 0 bridgehead atoms. The van der Waals surface area contributed by atoms with Crippen LogP contribution in [0.5, 0.6) is 0 Å². The Labute approximate surface area is 147 Å². The van der Waals surface area contributed by atoms with E-state index in [-0.39, 0.29) is 6.04 Å². The lowest BCUT2D eigenvalue weighted by molar-refractivity contribution is 0.376. The summed E-state index contributed by atoms with van der Waals surface area (Å²) >= 11 is 0. The van der Waals surface area contributed by atoms with Crippen LogP contribution >= 0.6 is 0 Å². The first-order chi connectivity index (χ1) is 12.2. The van der Waals surface area contributed by atoms with E-state index in [0.29, 0.717) is 5.92 Å². The highest BCUT2D eigenvalue weighted by atomic mass is 15.3. The topological polar surface area (TPSA) is 59.7 Å². The van der Waals surface area contributed by atoms with Crippen molar-refractivity contribution in [1.29, 1.82) is 0 Å². The quantitative estimate of drug-likeness (QED) is 0.751. The zero-order valence-electron chi connectivity index (χ0n) is 14.7. The van der Waals surface area contributed by atoms with Gasteiger partial charge >= 0.3 is 0 Å². The van der Waals surface area contributed by atoms with Crippen molar-refractivity contribution >= 4 is 5.82 Å². The molecule has 0 amide bonds. The summed E-state index contributed by atoms with van der Waals surface area (Å²) in [4.78, 5) is 4.56. The average molecular weight is 336 g/mol. The van der Waals surface area contributed by atoms with Crippen molar-refractivity contribution in [3.05, 3.63) is 65.9 Å². The van der Waals surface area contributed by atoms with Crippen LogP contribution in [0.3, 0.4) is 0 Å². The largest absolute Gasteiger partial charge is 0.370 e. The second kappa shape index (κ2) is 6.72. The number of rotatable bonds is 5. The summed E-state index contributed by atoms with van der Waals surface area (Å²) < 4.78 is 4.15. The number of nitrogens with one attached hydrogen (secondary N) is 2. The summed E-state index contributed by atoms with van der Waals surface area (Å²) in [6.07, 6.45) is 3.85. The van der Waals surface area contributed by atoms with Gasteiger partial charge in [0.15, 0.2) is 0 Å². The normalized spacial score (nSPS) is 17.8. The molecule has 0 spiro atoms. The third-order valence-corrected chi connectivity index (χ3v) is 4.77. The lowest BCUT2D eigenvalue weighted by Crippen LogP contribution is -2.37. The Morgan fingerprint density at radius 1 is 1.32 bits per heavy atom.